The van der Waals surface area contributed by atoms with Gasteiger partial charge in [-0.3, -0.25) is 4.79 Å². The molecule has 1 aliphatic rings. The van der Waals surface area contributed by atoms with Gasteiger partial charge in [0, 0.05) is 24.3 Å². The molecule has 0 radical (unpaired) electrons. The lowest BCUT2D eigenvalue weighted by atomic mass is 10.1. The van der Waals surface area contributed by atoms with E-state index in [0.29, 0.717) is 18.5 Å². The number of halogens is 1. The van der Waals surface area contributed by atoms with E-state index in [9.17, 15) is 4.79 Å². The fraction of sp³-hybridized carbons (Fsp3) is 0.429. The first-order chi connectivity index (χ1) is 9.15. The molecule has 0 spiro atoms. The summed E-state index contributed by atoms with van der Waals surface area (Å²) in [6.07, 6.45) is 1.51. The van der Waals surface area contributed by atoms with E-state index in [1.54, 1.807) is 17.0 Å². The molecule has 5 heteroatoms. The molecule has 1 fully saturated rings. The SMILES string of the molecule is CCCNc1ccc(C#N)cc1N1CC(Br)CC1=O. The van der Waals surface area contributed by atoms with Crippen LogP contribution in [-0.2, 0) is 4.79 Å². The first kappa shape index (κ1) is 13.9. The zero-order valence-corrected chi connectivity index (χ0v) is 12.4. The zero-order valence-electron chi connectivity index (χ0n) is 10.8. The van der Waals surface area contributed by atoms with E-state index in [-0.39, 0.29) is 10.7 Å². The van der Waals surface area contributed by atoms with E-state index in [2.05, 4.69) is 34.2 Å². The van der Waals surface area contributed by atoms with E-state index >= 15 is 0 Å². The average Bonchev–Trinajstić information content (AvgIpc) is 2.75. The van der Waals surface area contributed by atoms with Gasteiger partial charge in [0.05, 0.1) is 23.0 Å². The minimum Gasteiger partial charge on any atom is -0.383 e. The summed E-state index contributed by atoms with van der Waals surface area (Å²) in [5.41, 5.74) is 2.29. The van der Waals surface area contributed by atoms with Crippen molar-refractivity contribution in [2.24, 2.45) is 0 Å². The third kappa shape index (κ3) is 3.07. The number of alkyl halides is 1. The number of carbonyl (C=O) groups excluding carboxylic acids is 1. The third-order valence-electron chi connectivity index (χ3n) is 3.06. The Morgan fingerprint density at radius 2 is 2.37 bits per heavy atom. The van der Waals surface area contributed by atoms with Crippen LogP contribution < -0.4 is 10.2 Å². The minimum absolute atomic E-state index is 0.0940. The lowest BCUT2D eigenvalue weighted by Gasteiger charge is -2.21. The molecule has 1 aliphatic heterocycles. The molecular weight excluding hydrogens is 306 g/mol. The van der Waals surface area contributed by atoms with Gasteiger partial charge in [-0.1, -0.05) is 22.9 Å². The summed E-state index contributed by atoms with van der Waals surface area (Å²) in [7, 11) is 0. The van der Waals surface area contributed by atoms with Crippen molar-refractivity contribution in [3.63, 3.8) is 0 Å². The van der Waals surface area contributed by atoms with Crippen LogP contribution in [0.15, 0.2) is 18.2 Å². The van der Waals surface area contributed by atoms with Crippen LogP contribution in [0.5, 0.6) is 0 Å². The topological polar surface area (TPSA) is 56.1 Å². The van der Waals surface area contributed by atoms with E-state index in [1.165, 1.54) is 0 Å². The van der Waals surface area contributed by atoms with E-state index < -0.39 is 0 Å². The van der Waals surface area contributed by atoms with Gasteiger partial charge in [-0.25, -0.2) is 0 Å². The molecule has 0 saturated carbocycles. The molecule has 4 nitrogen and oxygen atoms in total. The number of anilines is 2. The largest absolute Gasteiger partial charge is 0.383 e. The van der Waals surface area contributed by atoms with Crippen molar-refractivity contribution in [2.75, 3.05) is 23.3 Å². The molecule has 1 amide bonds. The van der Waals surface area contributed by atoms with Gasteiger partial charge in [0.1, 0.15) is 0 Å². The molecule has 2 rings (SSSR count). The normalized spacial score (nSPS) is 18.5. The predicted octanol–water partition coefficient (Wildman–Crippen LogP) is 2.88. The standard InChI is InChI=1S/C14H16BrN3O/c1-2-5-17-12-4-3-10(8-16)6-13(12)18-9-11(15)7-14(18)19/h3-4,6,11,17H,2,5,7,9H2,1H3. The molecule has 1 atom stereocenters. The fourth-order valence-corrected chi connectivity index (χ4v) is 2.70. The Morgan fingerprint density at radius 3 is 2.95 bits per heavy atom. The molecule has 1 aromatic carbocycles. The van der Waals surface area contributed by atoms with Crippen LogP contribution in [0, 0.1) is 11.3 Å². The highest BCUT2D eigenvalue weighted by Gasteiger charge is 2.30. The van der Waals surface area contributed by atoms with Crippen molar-refractivity contribution in [3.05, 3.63) is 23.8 Å². The van der Waals surface area contributed by atoms with Crippen molar-refractivity contribution in [2.45, 2.75) is 24.6 Å². The van der Waals surface area contributed by atoms with E-state index in [0.717, 1.165) is 24.3 Å². The van der Waals surface area contributed by atoms with Gasteiger partial charge in [-0.05, 0) is 24.6 Å². The van der Waals surface area contributed by atoms with Gasteiger partial charge in [0.15, 0.2) is 0 Å². The van der Waals surface area contributed by atoms with Crippen LogP contribution >= 0.6 is 15.9 Å². The van der Waals surface area contributed by atoms with Gasteiger partial charge in [-0.2, -0.15) is 5.26 Å². The van der Waals surface area contributed by atoms with Gasteiger partial charge in [0.25, 0.3) is 0 Å². The molecule has 1 unspecified atom stereocenters. The number of nitriles is 1. The summed E-state index contributed by atoms with van der Waals surface area (Å²) in [4.78, 5) is 13.9. The lowest BCUT2D eigenvalue weighted by Crippen LogP contribution is -2.25. The summed E-state index contributed by atoms with van der Waals surface area (Å²) >= 11 is 3.48. The fourth-order valence-electron chi connectivity index (χ4n) is 2.13. The molecule has 100 valence electrons. The molecule has 1 heterocycles. The number of carbonyl (C=O) groups is 1. The van der Waals surface area contributed by atoms with Crippen LogP contribution in [0.4, 0.5) is 11.4 Å². The third-order valence-corrected chi connectivity index (χ3v) is 3.67. The molecular formula is C14H16BrN3O. The number of hydrogen-bond acceptors (Lipinski definition) is 3. The van der Waals surface area contributed by atoms with Crippen molar-refractivity contribution >= 4 is 33.2 Å². The van der Waals surface area contributed by atoms with Gasteiger partial charge in [0.2, 0.25) is 5.91 Å². The second-order valence-corrected chi connectivity index (χ2v) is 5.87. The molecule has 1 saturated heterocycles. The van der Waals surface area contributed by atoms with Crippen molar-refractivity contribution in [3.8, 4) is 6.07 Å². The highest BCUT2D eigenvalue weighted by atomic mass is 79.9. The number of amides is 1. The predicted molar refractivity (Wildman–Crippen MR) is 79.6 cm³/mol. The van der Waals surface area contributed by atoms with Gasteiger partial charge >= 0.3 is 0 Å². The Labute approximate surface area is 121 Å². The van der Waals surface area contributed by atoms with Crippen LogP contribution in [-0.4, -0.2) is 23.8 Å². The average molecular weight is 322 g/mol. The first-order valence-corrected chi connectivity index (χ1v) is 7.29. The monoisotopic (exact) mass is 321 g/mol. The maximum absolute atomic E-state index is 12.0. The second kappa shape index (κ2) is 6.07. The Bertz CT molecular complexity index is 524. The highest BCUT2D eigenvalue weighted by Crippen LogP contribution is 2.32. The Morgan fingerprint density at radius 1 is 1.58 bits per heavy atom. The van der Waals surface area contributed by atoms with Crippen molar-refractivity contribution in [1.29, 1.82) is 5.26 Å². The molecule has 1 N–H and O–H groups in total. The summed E-state index contributed by atoms with van der Waals surface area (Å²) in [5, 5.41) is 12.3. The smallest absolute Gasteiger partial charge is 0.228 e. The first-order valence-electron chi connectivity index (χ1n) is 6.38. The molecule has 19 heavy (non-hydrogen) atoms. The van der Waals surface area contributed by atoms with E-state index in [1.807, 2.05) is 6.07 Å². The molecule has 1 aromatic rings. The van der Waals surface area contributed by atoms with Crippen LogP contribution in [0.1, 0.15) is 25.3 Å². The molecule has 0 aliphatic carbocycles. The summed E-state index contributed by atoms with van der Waals surface area (Å²) < 4.78 is 0. The highest BCUT2D eigenvalue weighted by molar-refractivity contribution is 9.09. The quantitative estimate of drug-likeness (QED) is 0.867. The van der Waals surface area contributed by atoms with Gasteiger partial charge in [-0.15, -0.1) is 0 Å². The van der Waals surface area contributed by atoms with Crippen LogP contribution in [0.3, 0.4) is 0 Å². The lowest BCUT2D eigenvalue weighted by molar-refractivity contribution is -0.117. The zero-order chi connectivity index (χ0) is 13.8. The summed E-state index contributed by atoms with van der Waals surface area (Å²) in [6, 6.07) is 7.55. The summed E-state index contributed by atoms with van der Waals surface area (Å²) in [5.74, 6) is 0.0940. The summed E-state index contributed by atoms with van der Waals surface area (Å²) in [6.45, 7) is 3.58. The molecule has 0 aromatic heterocycles. The number of nitrogens with one attached hydrogen (secondary N) is 1. The minimum atomic E-state index is 0.0940. The van der Waals surface area contributed by atoms with Crippen molar-refractivity contribution in [1.82, 2.24) is 0 Å². The number of rotatable bonds is 4. The molecule has 0 bridgehead atoms. The van der Waals surface area contributed by atoms with Crippen LogP contribution in [0.25, 0.3) is 0 Å². The Hall–Kier alpha value is -1.54. The number of nitrogens with zero attached hydrogens (tertiary/aromatic N) is 2. The Kier molecular flexibility index (Phi) is 4.43. The maximum atomic E-state index is 12.0. The number of benzene rings is 1. The van der Waals surface area contributed by atoms with E-state index in [4.69, 9.17) is 5.26 Å². The van der Waals surface area contributed by atoms with Crippen LogP contribution in [0.2, 0.25) is 0 Å². The second-order valence-electron chi connectivity index (χ2n) is 4.58. The number of hydrogen-bond donors (Lipinski definition) is 1. The van der Waals surface area contributed by atoms with Gasteiger partial charge < -0.3 is 10.2 Å². The maximum Gasteiger partial charge on any atom is 0.228 e. The Balaban J connectivity index is 2.35. The van der Waals surface area contributed by atoms with Crippen molar-refractivity contribution < 1.29 is 4.79 Å².